The van der Waals surface area contributed by atoms with Crippen LogP contribution in [0.2, 0.25) is 5.22 Å². The molecule has 11 nitrogen and oxygen atoms in total. The van der Waals surface area contributed by atoms with Crippen LogP contribution < -0.4 is 10.0 Å². The lowest BCUT2D eigenvalue weighted by molar-refractivity contribution is 0.0643. The lowest BCUT2D eigenvalue weighted by Crippen LogP contribution is -2.27. The molecule has 0 amide bonds. The van der Waals surface area contributed by atoms with E-state index in [1.807, 2.05) is 17.7 Å². The van der Waals surface area contributed by atoms with Crippen LogP contribution in [0.5, 0.6) is 0 Å². The van der Waals surface area contributed by atoms with E-state index in [1.165, 1.54) is 23.9 Å². The average molecular weight is 568 g/mol. The van der Waals surface area contributed by atoms with Gasteiger partial charge in [0.15, 0.2) is 5.22 Å². The number of carbonyl (C=O) groups excluding carboxylic acids is 1. The number of carbonyl (C=O) groups is 1. The van der Waals surface area contributed by atoms with Gasteiger partial charge in [0, 0.05) is 47.6 Å². The zero-order valence-electron chi connectivity index (χ0n) is 19.5. The fraction of sp³-hybridized carbons (Fsp3) is 0.391. The summed E-state index contributed by atoms with van der Waals surface area (Å²) in [7, 11) is -4.41. The van der Waals surface area contributed by atoms with Gasteiger partial charge in [0.25, 0.3) is 0 Å². The van der Waals surface area contributed by atoms with E-state index in [0.717, 1.165) is 28.3 Å². The first-order valence-corrected chi connectivity index (χ1v) is 14.1. The third kappa shape index (κ3) is 5.72. The maximum Gasteiger partial charge on any atom is 0.333 e. The molecule has 3 aromatic heterocycles. The number of aromatic nitrogens is 2. The Balaban J connectivity index is 1.34. The predicted octanol–water partition coefficient (Wildman–Crippen LogP) is 3.09. The predicted molar refractivity (Wildman–Crippen MR) is 135 cm³/mol. The molecule has 1 aliphatic heterocycles. The first-order valence-electron chi connectivity index (χ1n) is 11.5. The molecule has 0 saturated heterocycles. The van der Waals surface area contributed by atoms with Crippen LogP contribution in [0.15, 0.2) is 29.1 Å². The van der Waals surface area contributed by atoms with Gasteiger partial charge in [0.2, 0.25) is 5.78 Å². The molecule has 1 radical (unpaired) electrons. The first kappa shape index (κ1) is 26.2. The molecule has 2 aliphatic rings. The van der Waals surface area contributed by atoms with E-state index in [2.05, 4.69) is 15.3 Å². The van der Waals surface area contributed by atoms with Crippen molar-refractivity contribution < 1.29 is 32.0 Å². The topological polar surface area (TPSA) is 164 Å². The van der Waals surface area contributed by atoms with Crippen LogP contribution in [0.4, 0.5) is 5.82 Å². The molecule has 3 aromatic rings. The van der Waals surface area contributed by atoms with E-state index < -0.39 is 22.3 Å². The average Bonchev–Trinajstić information content (AvgIpc) is 3.52. The largest absolute Gasteiger partial charge is 0.449 e. The molecule has 0 unspecified atom stereocenters. The van der Waals surface area contributed by atoms with Gasteiger partial charge < -0.3 is 19.6 Å². The number of anilines is 1. The van der Waals surface area contributed by atoms with Gasteiger partial charge >= 0.3 is 10.3 Å². The van der Waals surface area contributed by atoms with Gasteiger partial charge in [-0.3, -0.25) is 9.35 Å². The second-order valence-electron chi connectivity index (χ2n) is 8.97. The van der Waals surface area contributed by atoms with Crippen molar-refractivity contribution in [2.45, 2.75) is 44.4 Å². The minimum Gasteiger partial charge on any atom is -0.449 e. The second-order valence-corrected chi connectivity index (χ2v) is 11.8. The lowest BCUT2D eigenvalue weighted by Gasteiger charge is -2.22. The van der Waals surface area contributed by atoms with E-state index in [4.69, 9.17) is 25.3 Å². The number of halogens is 1. The minimum absolute atomic E-state index is 0.265. The molecule has 0 bridgehead atoms. The first-order chi connectivity index (χ1) is 17.6. The van der Waals surface area contributed by atoms with Crippen molar-refractivity contribution in [1.82, 2.24) is 14.7 Å². The van der Waals surface area contributed by atoms with Crippen molar-refractivity contribution in [3.63, 3.8) is 0 Å². The molecule has 4 atom stereocenters. The summed E-state index contributed by atoms with van der Waals surface area (Å²) in [4.78, 5) is 23.2. The molecule has 197 valence electrons. The monoisotopic (exact) mass is 567 g/mol. The number of furan rings is 1. The highest BCUT2D eigenvalue weighted by Gasteiger charge is 2.35. The lowest BCUT2D eigenvalue weighted by atomic mass is 9.98. The summed E-state index contributed by atoms with van der Waals surface area (Å²) in [6.07, 6.45) is 2.82. The summed E-state index contributed by atoms with van der Waals surface area (Å²) >= 11 is 7.41. The van der Waals surface area contributed by atoms with E-state index in [-0.39, 0.29) is 23.5 Å². The Labute approximate surface area is 222 Å². The number of aliphatic hydroxyl groups is 1. The minimum atomic E-state index is -4.41. The molecule has 5 rings (SSSR count). The molecule has 0 aromatic carbocycles. The van der Waals surface area contributed by atoms with Crippen molar-refractivity contribution in [2.75, 3.05) is 11.9 Å². The van der Waals surface area contributed by atoms with Crippen LogP contribution in [0.1, 0.15) is 55.9 Å². The van der Waals surface area contributed by atoms with Gasteiger partial charge in [-0.15, -0.1) is 11.3 Å². The summed E-state index contributed by atoms with van der Waals surface area (Å²) in [6, 6.07) is 3.27. The summed E-state index contributed by atoms with van der Waals surface area (Å²) < 4.78 is 44.3. The van der Waals surface area contributed by atoms with Crippen LogP contribution in [-0.2, 0) is 21.5 Å². The highest BCUT2D eigenvalue weighted by Crippen LogP contribution is 2.40. The Morgan fingerprint density at radius 2 is 2.11 bits per heavy atom. The van der Waals surface area contributed by atoms with Crippen LogP contribution in [-0.4, -0.2) is 52.6 Å². The summed E-state index contributed by atoms with van der Waals surface area (Å²) in [6.45, 7) is 3.55. The maximum absolute atomic E-state index is 13.5. The number of fused-ring (bicyclic) bond motifs is 1. The number of rotatable bonds is 8. The van der Waals surface area contributed by atoms with E-state index in [0.29, 0.717) is 41.8 Å². The number of hydrogen-bond donors (Lipinski definition) is 4. The van der Waals surface area contributed by atoms with Gasteiger partial charge in [-0.05, 0) is 43.0 Å². The zero-order valence-corrected chi connectivity index (χ0v) is 21.9. The third-order valence-electron chi connectivity index (χ3n) is 6.48. The molecule has 4 heterocycles. The van der Waals surface area contributed by atoms with Gasteiger partial charge in [-0.2, -0.15) is 13.1 Å². The van der Waals surface area contributed by atoms with Crippen molar-refractivity contribution in [3.8, 4) is 0 Å². The Kier molecular flexibility index (Phi) is 7.38. The van der Waals surface area contributed by atoms with Crippen LogP contribution in [0.25, 0.3) is 0 Å². The molecule has 14 heteroatoms. The summed E-state index contributed by atoms with van der Waals surface area (Å²) in [5.41, 5.74) is 1.99. The number of ether oxygens (including phenoxy) is 1. The zero-order chi connectivity index (χ0) is 26.3. The molecular weight excluding hydrogens is 544 g/mol. The Hall–Kier alpha value is -2.39. The molecular formula is C23H24ClN4O7S2. The van der Waals surface area contributed by atoms with Crippen LogP contribution in [0, 0.1) is 19.4 Å². The molecule has 1 saturated carbocycles. The number of hydrogen-bond acceptors (Lipinski definition) is 10. The molecule has 1 fully saturated rings. The number of thiophene rings is 1. The highest BCUT2D eigenvalue weighted by molar-refractivity contribution is 7.83. The van der Waals surface area contributed by atoms with Crippen molar-refractivity contribution in [1.29, 1.82) is 0 Å². The quantitative estimate of drug-likeness (QED) is 0.235. The van der Waals surface area contributed by atoms with E-state index in [1.54, 1.807) is 6.07 Å². The fourth-order valence-electron chi connectivity index (χ4n) is 4.77. The van der Waals surface area contributed by atoms with Crippen molar-refractivity contribution >= 4 is 44.8 Å². The smallest absolute Gasteiger partial charge is 0.333 e. The Bertz CT molecular complexity index is 1420. The normalized spacial score (nSPS) is 23.7. The Morgan fingerprint density at radius 3 is 2.89 bits per heavy atom. The van der Waals surface area contributed by atoms with E-state index >= 15 is 0 Å². The van der Waals surface area contributed by atoms with Crippen LogP contribution in [0.3, 0.4) is 0 Å². The van der Waals surface area contributed by atoms with Gasteiger partial charge in [0.1, 0.15) is 24.0 Å². The summed E-state index contributed by atoms with van der Waals surface area (Å²) in [5, 5.41) is 13.8. The van der Waals surface area contributed by atoms with Crippen molar-refractivity contribution in [3.05, 3.63) is 68.6 Å². The maximum atomic E-state index is 13.5. The van der Waals surface area contributed by atoms with Gasteiger partial charge in [-0.1, -0.05) is 0 Å². The van der Waals surface area contributed by atoms with Crippen LogP contribution >= 0.6 is 22.9 Å². The highest BCUT2D eigenvalue weighted by atomic mass is 35.5. The van der Waals surface area contributed by atoms with Gasteiger partial charge in [-0.25, -0.2) is 9.97 Å². The second kappa shape index (κ2) is 10.4. The molecule has 4 N–H and O–H groups in total. The SMILES string of the molecule is Cc1sc(C(=O)c2cncnc2N[C@H]2C[C@H](O)[C@@H]([CH]NS(=O)(=O)O)C2)cc1[C@@H]1OCCc2oc(Cl)cc21. The molecule has 37 heavy (non-hydrogen) atoms. The Morgan fingerprint density at radius 1 is 1.30 bits per heavy atom. The van der Waals surface area contributed by atoms with E-state index in [9.17, 15) is 18.3 Å². The summed E-state index contributed by atoms with van der Waals surface area (Å²) in [5.74, 6) is 0.299. The number of ketones is 1. The number of nitrogens with one attached hydrogen (secondary N) is 2. The fourth-order valence-corrected chi connectivity index (χ4v) is 6.33. The number of nitrogens with zero attached hydrogens (tertiary/aromatic N) is 2. The molecule has 0 spiro atoms. The molecule has 1 aliphatic carbocycles. The number of aryl methyl sites for hydroxylation is 1. The third-order valence-corrected chi connectivity index (χ3v) is 8.16. The van der Waals surface area contributed by atoms with Gasteiger partial charge in [0.05, 0.1) is 23.2 Å². The van der Waals surface area contributed by atoms with Crippen molar-refractivity contribution in [2.24, 2.45) is 5.92 Å². The number of aliphatic hydroxyl groups excluding tert-OH is 1. The standard InChI is InChI=1S/C23H24ClN4O7S2/c1-11-14(22-15-7-20(24)35-18(15)2-3-34-22)6-19(36-11)21(30)16-9-25-10-26-23(16)28-13-4-12(17(29)5-13)8-27-37(31,32)33/h6-10,12-13,17,22,27,29H,2-5H2,1H3,(H,25,26,28)(H,31,32,33)/t12-,13-,17+,22+/m1/s1.